The van der Waals surface area contributed by atoms with Gasteiger partial charge in [-0.2, -0.15) is 0 Å². The molecule has 0 radical (unpaired) electrons. The zero-order valence-corrected chi connectivity index (χ0v) is 13.8. The Morgan fingerprint density at radius 1 is 1.26 bits per heavy atom. The standard InChI is InChI=1S/C18H17N3OS/c1-13-12-15(8-9-17(22)20-18-19-10-11-23-18)14(2)21(13)16-6-4-3-5-7-16/h3-12H,1-2H3,(H,19,20,22). The topological polar surface area (TPSA) is 46.9 Å². The van der Waals surface area contributed by atoms with Crippen molar-refractivity contribution < 1.29 is 4.79 Å². The molecule has 1 aromatic carbocycles. The van der Waals surface area contributed by atoms with Crippen LogP contribution in [0.1, 0.15) is 17.0 Å². The lowest BCUT2D eigenvalue weighted by Crippen LogP contribution is -2.07. The quantitative estimate of drug-likeness (QED) is 0.731. The first kappa shape index (κ1) is 15.2. The fourth-order valence-electron chi connectivity index (χ4n) is 2.53. The average molecular weight is 323 g/mol. The molecule has 0 unspecified atom stereocenters. The fraction of sp³-hybridized carbons (Fsp3) is 0.111. The number of benzene rings is 1. The monoisotopic (exact) mass is 323 g/mol. The van der Waals surface area contributed by atoms with Crippen molar-refractivity contribution in [1.29, 1.82) is 0 Å². The highest BCUT2D eigenvalue weighted by Gasteiger charge is 2.09. The number of carbonyl (C=O) groups excluding carboxylic acids is 1. The van der Waals surface area contributed by atoms with Gasteiger partial charge in [0.15, 0.2) is 5.13 Å². The first-order valence-corrected chi connectivity index (χ1v) is 8.16. The molecule has 2 aromatic heterocycles. The van der Waals surface area contributed by atoms with Crippen molar-refractivity contribution in [1.82, 2.24) is 9.55 Å². The van der Waals surface area contributed by atoms with E-state index in [0.717, 1.165) is 22.6 Å². The summed E-state index contributed by atoms with van der Waals surface area (Å²) in [5.41, 5.74) is 4.38. The van der Waals surface area contributed by atoms with Crippen LogP contribution in [0, 0.1) is 13.8 Å². The van der Waals surface area contributed by atoms with E-state index in [-0.39, 0.29) is 5.91 Å². The maximum atomic E-state index is 11.9. The molecular weight excluding hydrogens is 306 g/mol. The summed E-state index contributed by atoms with van der Waals surface area (Å²) in [6.45, 7) is 4.12. The van der Waals surface area contributed by atoms with E-state index in [4.69, 9.17) is 0 Å². The Balaban J connectivity index is 1.81. The van der Waals surface area contributed by atoms with Crippen molar-refractivity contribution >= 4 is 28.5 Å². The largest absolute Gasteiger partial charge is 0.318 e. The smallest absolute Gasteiger partial charge is 0.250 e. The second kappa shape index (κ2) is 6.62. The van der Waals surface area contributed by atoms with E-state index < -0.39 is 0 Å². The zero-order chi connectivity index (χ0) is 16.2. The van der Waals surface area contributed by atoms with Gasteiger partial charge in [-0.05, 0) is 43.7 Å². The average Bonchev–Trinajstić information content (AvgIpc) is 3.14. The summed E-state index contributed by atoms with van der Waals surface area (Å²) in [7, 11) is 0. The highest BCUT2D eigenvalue weighted by atomic mass is 32.1. The Morgan fingerprint density at radius 2 is 2.04 bits per heavy atom. The predicted molar refractivity (Wildman–Crippen MR) is 95.0 cm³/mol. The summed E-state index contributed by atoms with van der Waals surface area (Å²) in [4.78, 5) is 16.0. The lowest BCUT2D eigenvalue weighted by Gasteiger charge is -2.09. The molecule has 23 heavy (non-hydrogen) atoms. The summed E-state index contributed by atoms with van der Waals surface area (Å²) >= 11 is 1.40. The van der Waals surface area contributed by atoms with E-state index in [1.54, 1.807) is 12.3 Å². The lowest BCUT2D eigenvalue weighted by molar-refractivity contribution is -0.111. The molecular formula is C18H17N3OS. The van der Waals surface area contributed by atoms with Crippen LogP contribution in [0.3, 0.4) is 0 Å². The Kier molecular flexibility index (Phi) is 4.39. The lowest BCUT2D eigenvalue weighted by atomic mass is 10.2. The number of thiazole rings is 1. The minimum atomic E-state index is -0.176. The van der Waals surface area contributed by atoms with Crippen molar-refractivity contribution in [2.75, 3.05) is 5.32 Å². The van der Waals surface area contributed by atoms with Crippen LogP contribution in [0.25, 0.3) is 11.8 Å². The van der Waals surface area contributed by atoms with Crippen LogP contribution in [0.15, 0.2) is 54.1 Å². The van der Waals surface area contributed by atoms with E-state index in [1.807, 2.05) is 29.7 Å². The van der Waals surface area contributed by atoms with Crippen molar-refractivity contribution in [2.45, 2.75) is 13.8 Å². The first-order chi connectivity index (χ1) is 11.1. The van der Waals surface area contributed by atoms with Crippen LogP contribution < -0.4 is 5.32 Å². The predicted octanol–water partition coefficient (Wildman–Crippen LogP) is 4.20. The van der Waals surface area contributed by atoms with Crippen LogP contribution in [-0.2, 0) is 4.79 Å². The molecule has 0 atom stereocenters. The van der Waals surface area contributed by atoms with Gasteiger partial charge >= 0.3 is 0 Å². The summed E-state index contributed by atoms with van der Waals surface area (Å²) in [6.07, 6.45) is 5.04. The van der Waals surface area contributed by atoms with E-state index in [2.05, 4.69) is 46.9 Å². The van der Waals surface area contributed by atoms with Crippen molar-refractivity contribution in [2.24, 2.45) is 0 Å². The molecule has 0 aliphatic carbocycles. The van der Waals surface area contributed by atoms with Gasteiger partial charge in [0.1, 0.15) is 0 Å². The molecule has 0 saturated carbocycles. The maximum Gasteiger partial charge on any atom is 0.250 e. The van der Waals surface area contributed by atoms with Gasteiger partial charge in [0.05, 0.1) is 0 Å². The van der Waals surface area contributed by atoms with Crippen LogP contribution in [0.5, 0.6) is 0 Å². The number of amides is 1. The molecule has 2 heterocycles. The van der Waals surface area contributed by atoms with Gasteiger partial charge in [-0.3, -0.25) is 10.1 Å². The fourth-order valence-corrected chi connectivity index (χ4v) is 3.06. The minimum absolute atomic E-state index is 0.176. The maximum absolute atomic E-state index is 11.9. The van der Waals surface area contributed by atoms with E-state index in [0.29, 0.717) is 5.13 Å². The molecule has 0 spiro atoms. The summed E-state index contributed by atoms with van der Waals surface area (Å²) < 4.78 is 2.18. The summed E-state index contributed by atoms with van der Waals surface area (Å²) in [6, 6.07) is 12.3. The molecule has 0 fully saturated rings. The number of aromatic nitrogens is 2. The molecule has 0 aliphatic rings. The molecule has 116 valence electrons. The molecule has 4 nitrogen and oxygen atoms in total. The first-order valence-electron chi connectivity index (χ1n) is 7.28. The van der Waals surface area contributed by atoms with Gasteiger partial charge in [0.2, 0.25) is 5.91 Å². The van der Waals surface area contributed by atoms with Gasteiger partial charge in [-0.15, -0.1) is 11.3 Å². The molecule has 1 amide bonds. The Labute approximate surface area is 139 Å². The highest BCUT2D eigenvalue weighted by Crippen LogP contribution is 2.21. The molecule has 0 saturated heterocycles. The number of hydrogen-bond donors (Lipinski definition) is 1. The molecule has 3 aromatic rings. The van der Waals surface area contributed by atoms with Gasteiger partial charge in [-0.25, -0.2) is 4.98 Å². The minimum Gasteiger partial charge on any atom is -0.318 e. The number of carbonyl (C=O) groups is 1. The van der Waals surface area contributed by atoms with Gasteiger partial charge < -0.3 is 4.57 Å². The van der Waals surface area contributed by atoms with Crippen molar-refractivity contribution in [3.05, 3.63) is 71.0 Å². The number of aryl methyl sites for hydroxylation is 1. The third kappa shape index (κ3) is 3.40. The highest BCUT2D eigenvalue weighted by molar-refractivity contribution is 7.13. The Hall–Kier alpha value is -2.66. The van der Waals surface area contributed by atoms with Crippen LogP contribution in [-0.4, -0.2) is 15.5 Å². The van der Waals surface area contributed by atoms with Crippen molar-refractivity contribution in [3.63, 3.8) is 0 Å². The molecule has 5 heteroatoms. The second-order valence-corrected chi connectivity index (χ2v) is 6.05. The zero-order valence-electron chi connectivity index (χ0n) is 13.0. The molecule has 3 rings (SSSR count). The van der Waals surface area contributed by atoms with Crippen LogP contribution in [0.2, 0.25) is 0 Å². The number of hydrogen-bond acceptors (Lipinski definition) is 3. The van der Waals surface area contributed by atoms with E-state index in [9.17, 15) is 4.79 Å². The normalized spacial score (nSPS) is 11.0. The van der Waals surface area contributed by atoms with Gasteiger partial charge in [0, 0.05) is 34.7 Å². The number of para-hydroxylation sites is 1. The number of nitrogens with one attached hydrogen (secondary N) is 1. The molecule has 1 N–H and O–H groups in total. The summed E-state index contributed by atoms with van der Waals surface area (Å²) in [5.74, 6) is -0.176. The van der Waals surface area contributed by atoms with E-state index in [1.165, 1.54) is 11.3 Å². The SMILES string of the molecule is Cc1cc(C=CC(=O)Nc2nccs2)c(C)n1-c1ccccc1. The number of anilines is 1. The number of rotatable bonds is 4. The third-order valence-electron chi connectivity index (χ3n) is 3.56. The second-order valence-electron chi connectivity index (χ2n) is 5.16. The van der Waals surface area contributed by atoms with E-state index >= 15 is 0 Å². The van der Waals surface area contributed by atoms with Gasteiger partial charge in [-0.1, -0.05) is 18.2 Å². The van der Waals surface area contributed by atoms with Crippen LogP contribution >= 0.6 is 11.3 Å². The third-order valence-corrected chi connectivity index (χ3v) is 4.25. The number of nitrogens with zero attached hydrogens (tertiary/aromatic N) is 2. The Bertz CT molecular complexity index is 833. The molecule has 0 bridgehead atoms. The summed E-state index contributed by atoms with van der Waals surface area (Å²) in [5, 5.41) is 5.17. The Morgan fingerprint density at radius 3 is 2.74 bits per heavy atom. The van der Waals surface area contributed by atoms with Gasteiger partial charge in [0.25, 0.3) is 0 Å². The molecule has 0 aliphatic heterocycles. The van der Waals surface area contributed by atoms with Crippen LogP contribution in [0.4, 0.5) is 5.13 Å². The van der Waals surface area contributed by atoms with Crippen molar-refractivity contribution in [3.8, 4) is 5.69 Å².